The summed E-state index contributed by atoms with van der Waals surface area (Å²) in [6.07, 6.45) is 1.10. The number of benzene rings is 1. The lowest BCUT2D eigenvalue weighted by atomic mass is 10.0. The van der Waals surface area contributed by atoms with Crippen LogP contribution in [0.25, 0.3) is 0 Å². The molecule has 1 atom stereocenters. The van der Waals surface area contributed by atoms with Gasteiger partial charge in [-0.2, -0.15) is 0 Å². The van der Waals surface area contributed by atoms with Gasteiger partial charge in [0, 0.05) is 25.8 Å². The first-order valence-corrected chi connectivity index (χ1v) is 7.02. The lowest BCUT2D eigenvalue weighted by molar-refractivity contribution is -0.114. The molecule has 4 nitrogen and oxygen atoms in total. The van der Waals surface area contributed by atoms with Crippen molar-refractivity contribution >= 4 is 23.1 Å². The smallest absolute Gasteiger partial charge is 0.299 e. The molecule has 1 amide bonds. The number of likely N-dealkylation sites (N-methyl/N-ethyl adjacent to an activating group) is 1. The van der Waals surface area contributed by atoms with Crippen molar-refractivity contribution in [3.8, 4) is 0 Å². The number of amides is 1. The third-order valence-corrected chi connectivity index (χ3v) is 3.97. The average molecular weight is 274 g/mol. The van der Waals surface area contributed by atoms with Crippen LogP contribution >= 0.6 is 0 Å². The van der Waals surface area contributed by atoms with Crippen LogP contribution in [0.1, 0.15) is 37.6 Å². The molecular weight excluding hydrogens is 252 g/mol. The summed E-state index contributed by atoms with van der Waals surface area (Å²) in [5, 5.41) is 0. The maximum absolute atomic E-state index is 11.8. The Kier molecular flexibility index (Phi) is 3.84. The van der Waals surface area contributed by atoms with E-state index in [1.807, 2.05) is 19.2 Å². The first-order valence-electron chi connectivity index (χ1n) is 7.02. The summed E-state index contributed by atoms with van der Waals surface area (Å²) in [5.41, 5.74) is 2.25. The van der Waals surface area contributed by atoms with Crippen LogP contribution in [0.4, 0.5) is 11.4 Å². The normalized spacial score (nSPS) is 15.8. The number of ketones is 1. The number of rotatable bonds is 4. The van der Waals surface area contributed by atoms with Crippen molar-refractivity contribution in [3.05, 3.63) is 23.8 Å². The molecular formula is C16H22N2O2. The molecule has 1 aromatic carbocycles. The molecule has 0 bridgehead atoms. The van der Waals surface area contributed by atoms with E-state index < -0.39 is 11.7 Å². The average Bonchev–Trinajstić information content (AvgIpc) is 2.62. The minimum Gasteiger partial charge on any atom is -0.372 e. The van der Waals surface area contributed by atoms with Gasteiger partial charge in [-0.15, -0.1) is 0 Å². The van der Waals surface area contributed by atoms with E-state index in [0.717, 1.165) is 12.1 Å². The minimum atomic E-state index is -0.449. The molecule has 20 heavy (non-hydrogen) atoms. The second kappa shape index (κ2) is 5.27. The summed E-state index contributed by atoms with van der Waals surface area (Å²) >= 11 is 0. The fourth-order valence-electron chi connectivity index (χ4n) is 2.68. The maximum atomic E-state index is 11.8. The number of hydrogen-bond donors (Lipinski definition) is 0. The molecule has 0 radical (unpaired) electrons. The molecule has 0 spiro atoms. The van der Waals surface area contributed by atoms with Gasteiger partial charge in [0.15, 0.2) is 0 Å². The fourth-order valence-corrected chi connectivity index (χ4v) is 2.68. The number of carbonyl (C=O) groups is 2. The standard InChI is InChI=1S/C16H22N2O2/c1-10(2)8-11(3)17(4)12-6-7-13-14(9-12)18(5)16(20)15(13)19/h6-7,9-11H,8H2,1-5H3. The van der Waals surface area contributed by atoms with Gasteiger partial charge in [0.25, 0.3) is 11.7 Å². The van der Waals surface area contributed by atoms with E-state index in [1.165, 1.54) is 4.90 Å². The molecule has 0 fully saturated rings. The molecule has 1 aliphatic rings. The van der Waals surface area contributed by atoms with Crippen LogP contribution in [0.3, 0.4) is 0 Å². The molecule has 108 valence electrons. The van der Waals surface area contributed by atoms with E-state index in [4.69, 9.17) is 0 Å². The first-order chi connectivity index (χ1) is 9.32. The number of hydrogen-bond acceptors (Lipinski definition) is 3. The van der Waals surface area contributed by atoms with Crippen LogP contribution in [0.15, 0.2) is 18.2 Å². The minimum absolute atomic E-state index is 0.408. The lowest BCUT2D eigenvalue weighted by Gasteiger charge is -2.29. The van der Waals surface area contributed by atoms with Gasteiger partial charge in [-0.05, 0) is 37.5 Å². The van der Waals surface area contributed by atoms with Crippen LogP contribution < -0.4 is 9.80 Å². The highest BCUT2D eigenvalue weighted by molar-refractivity contribution is 6.52. The largest absolute Gasteiger partial charge is 0.372 e. The Labute approximate surface area is 120 Å². The summed E-state index contributed by atoms with van der Waals surface area (Å²) in [4.78, 5) is 27.1. The Balaban J connectivity index is 2.29. The number of carbonyl (C=O) groups excluding carboxylic acids is 2. The van der Waals surface area contributed by atoms with Crippen LogP contribution in [0.2, 0.25) is 0 Å². The third-order valence-electron chi connectivity index (χ3n) is 3.97. The van der Waals surface area contributed by atoms with Crippen molar-refractivity contribution in [2.24, 2.45) is 5.92 Å². The van der Waals surface area contributed by atoms with E-state index in [0.29, 0.717) is 23.2 Å². The van der Waals surface area contributed by atoms with Crippen molar-refractivity contribution in [2.45, 2.75) is 33.2 Å². The van der Waals surface area contributed by atoms with E-state index in [-0.39, 0.29) is 0 Å². The Bertz CT molecular complexity index is 551. The number of fused-ring (bicyclic) bond motifs is 1. The van der Waals surface area contributed by atoms with Gasteiger partial charge in [-0.3, -0.25) is 9.59 Å². The van der Waals surface area contributed by atoms with Crippen LogP contribution in [-0.2, 0) is 4.79 Å². The molecule has 1 heterocycles. The maximum Gasteiger partial charge on any atom is 0.299 e. The van der Waals surface area contributed by atoms with Crippen molar-refractivity contribution in [1.29, 1.82) is 0 Å². The van der Waals surface area contributed by atoms with Gasteiger partial charge in [-0.25, -0.2) is 0 Å². The van der Waals surface area contributed by atoms with Crippen LogP contribution in [0.5, 0.6) is 0 Å². The second-order valence-electron chi connectivity index (χ2n) is 5.98. The zero-order valence-electron chi connectivity index (χ0n) is 12.8. The summed E-state index contributed by atoms with van der Waals surface area (Å²) in [6, 6.07) is 6.01. The molecule has 0 aliphatic carbocycles. The van der Waals surface area contributed by atoms with Crippen LogP contribution in [-0.4, -0.2) is 31.8 Å². The van der Waals surface area contributed by atoms with Gasteiger partial charge in [0.05, 0.1) is 11.3 Å². The molecule has 1 unspecified atom stereocenters. The van der Waals surface area contributed by atoms with E-state index in [2.05, 4.69) is 25.7 Å². The molecule has 2 rings (SSSR count). The van der Waals surface area contributed by atoms with Crippen molar-refractivity contribution < 1.29 is 9.59 Å². The van der Waals surface area contributed by atoms with Crippen molar-refractivity contribution in [2.75, 3.05) is 23.9 Å². The summed E-state index contributed by atoms with van der Waals surface area (Å²) < 4.78 is 0. The first kappa shape index (κ1) is 14.6. The Morgan fingerprint density at radius 2 is 1.85 bits per heavy atom. The molecule has 1 aliphatic heterocycles. The SMILES string of the molecule is CC(C)CC(C)N(C)c1ccc2c(c1)N(C)C(=O)C2=O. The van der Waals surface area contributed by atoms with E-state index in [1.54, 1.807) is 13.1 Å². The van der Waals surface area contributed by atoms with Gasteiger partial charge < -0.3 is 9.80 Å². The Morgan fingerprint density at radius 1 is 1.20 bits per heavy atom. The highest BCUT2D eigenvalue weighted by Gasteiger charge is 2.33. The highest BCUT2D eigenvalue weighted by Crippen LogP contribution is 2.32. The second-order valence-corrected chi connectivity index (χ2v) is 5.98. The van der Waals surface area contributed by atoms with E-state index in [9.17, 15) is 9.59 Å². The van der Waals surface area contributed by atoms with Gasteiger partial charge in [0.2, 0.25) is 0 Å². The van der Waals surface area contributed by atoms with Crippen molar-refractivity contribution in [1.82, 2.24) is 0 Å². The van der Waals surface area contributed by atoms with Gasteiger partial charge in [-0.1, -0.05) is 13.8 Å². The molecule has 0 aromatic heterocycles. The predicted molar refractivity (Wildman–Crippen MR) is 81.5 cm³/mol. The number of Topliss-reactive ketones (excluding diaryl/α,β-unsaturated/α-hetero) is 1. The molecule has 0 N–H and O–H groups in total. The quantitative estimate of drug-likeness (QED) is 0.793. The summed E-state index contributed by atoms with van der Waals surface area (Å²) in [7, 11) is 3.70. The summed E-state index contributed by atoms with van der Waals surface area (Å²) in [5.74, 6) is -0.227. The number of anilines is 2. The van der Waals surface area contributed by atoms with Crippen molar-refractivity contribution in [3.63, 3.8) is 0 Å². The third kappa shape index (κ3) is 2.42. The molecule has 0 saturated heterocycles. The zero-order chi connectivity index (χ0) is 15.0. The lowest BCUT2D eigenvalue weighted by Crippen LogP contribution is -2.30. The van der Waals surface area contributed by atoms with E-state index >= 15 is 0 Å². The van der Waals surface area contributed by atoms with Gasteiger partial charge in [0.1, 0.15) is 0 Å². The highest BCUT2D eigenvalue weighted by atomic mass is 16.2. The van der Waals surface area contributed by atoms with Crippen LogP contribution in [0, 0.1) is 5.92 Å². The van der Waals surface area contributed by atoms with Gasteiger partial charge >= 0.3 is 0 Å². The monoisotopic (exact) mass is 274 g/mol. The molecule has 0 saturated carbocycles. The molecule has 1 aromatic rings. The predicted octanol–water partition coefficient (Wildman–Crippen LogP) is 2.72. The zero-order valence-corrected chi connectivity index (χ0v) is 12.8. The summed E-state index contributed by atoms with van der Waals surface area (Å²) in [6.45, 7) is 6.60. The Morgan fingerprint density at radius 3 is 2.45 bits per heavy atom. The fraction of sp³-hybridized carbons (Fsp3) is 0.500. The topological polar surface area (TPSA) is 40.6 Å². The number of nitrogens with zero attached hydrogens (tertiary/aromatic N) is 2. The Hall–Kier alpha value is -1.84. The molecule has 4 heteroatoms.